The molecular weight excluding hydrogens is 176 g/mol. The fourth-order valence-electron chi connectivity index (χ4n) is 3.41. The molecule has 2 aliphatic carbocycles. The molecule has 14 heavy (non-hydrogen) atoms. The summed E-state index contributed by atoms with van der Waals surface area (Å²) in [6.45, 7) is 4.07. The van der Waals surface area contributed by atoms with Crippen LogP contribution in [0.1, 0.15) is 46.0 Å². The van der Waals surface area contributed by atoms with E-state index in [1.807, 2.05) is 6.92 Å². The van der Waals surface area contributed by atoms with E-state index in [-0.39, 0.29) is 11.8 Å². The third-order valence-corrected chi connectivity index (χ3v) is 4.26. The molecule has 0 bridgehead atoms. The van der Waals surface area contributed by atoms with Gasteiger partial charge in [0.2, 0.25) is 0 Å². The molecule has 2 saturated carbocycles. The van der Waals surface area contributed by atoms with Crippen molar-refractivity contribution in [3.63, 3.8) is 0 Å². The molecule has 0 radical (unpaired) electrons. The Balaban J connectivity index is 2.28. The quantitative estimate of drug-likeness (QED) is 0.644. The highest BCUT2D eigenvalue weighted by atomic mass is 16.3. The van der Waals surface area contributed by atoms with Gasteiger partial charge in [-0.15, -0.1) is 0 Å². The Kier molecular flexibility index (Phi) is 2.42. The molecule has 0 unspecified atom stereocenters. The van der Waals surface area contributed by atoms with Crippen molar-refractivity contribution in [3.8, 4) is 0 Å². The monoisotopic (exact) mass is 196 g/mol. The molecule has 2 fully saturated rings. The van der Waals surface area contributed by atoms with Crippen LogP contribution in [0.25, 0.3) is 0 Å². The van der Waals surface area contributed by atoms with Gasteiger partial charge in [0.05, 0.1) is 5.60 Å². The standard InChI is InChI=1S/C12H20O2/c1-8-5-6-9-11(8)10(13)4-3-7-12(9,2)14/h8-9,11,14H,3-7H2,1-2H3/t8-,9-,11+,12-/m1/s1. The molecule has 0 aromatic rings. The van der Waals surface area contributed by atoms with Crippen molar-refractivity contribution in [2.75, 3.05) is 0 Å². The third kappa shape index (κ3) is 1.50. The lowest BCUT2D eigenvalue weighted by molar-refractivity contribution is -0.126. The van der Waals surface area contributed by atoms with Gasteiger partial charge >= 0.3 is 0 Å². The van der Waals surface area contributed by atoms with Crippen molar-refractivity contribution < 1.29 is 9.90 Å². The highest BCUT2D eigenvalue weighted by Crippen LogP contribution is 2.47. The summed E-state index contributed by atoms with van der Waals surface area (Å²) < 4.78 is 0. The summed E-state index contributed by atoms with van der Waals surface area (Å²) in [5, 5.41) is 10.3. The SMILES string of the molecule is C[C@@H]1CC[C@@H]2[C@H]1C(=O)CCC[C@@]2(C)O. The van der Waals surface area contributed by atoms with Gasteiger partial charge in [-0.1, -0.05) is 6.92 Å². The number of rotatable bonds is 0. The Labute approximate surface area is 85.7 Å². The van der Waals surface area contributed by atoms with Crippen LogP contribution in [0.2, 0.25) is 0 Å². The summed E-state index contributed by atoms with van der Waals surface area (Å²) in [6.07, 6.45) is 4.49. The summed E-state index contributed by atoms with van der Waals surface area (Å²) in [4.78, 5) is 11.9. The Morgan fingerprint density at radius 2 is 2.14 bits per heavy atom. The molecule has 2 nitrogen and oxygen atoms in total. The van der Waals surface area contributed by atoms with Gasteiger partial charge in [0.15, 0.2) is 0 Å². The molecule has 4 atom stereocenters. The highest BCUT2D eigenvalue weighted by Gasteiger charge is 2.48. The van der Waals surface area contributed by atoms with Crippen LogP contribution in [-0.4, -0.2) is 16.5 Å². The lowest BCUT2D eigenvalue weighted by Gasteiger charge is -2.32. The molecule has 0 amide bonds. The van der Waals surface area contributed by atoms with Crippen molar-refractivity contribution in [1.82, 2.24) is 0 Å². The van der Waals surface area contributed by atoms with Gasteiger partial charge in [0.1, 0.15) is 5.78 Å². The largest absolute Gasteiger partial charge is 0.390 e. The summed E-state index contributed by atoms with van der Waals surface area (Å²) in [5.41, 5.74) is -0.596. The second-order valence-electron chi connectivity index (χ2n) is 5.36. The fraction of sp³-hybridized carbons (Fsp3) is 0.917. The average molecular weight is 196 g/mol. The number of Topliss-reactive ketones (excluding diaryl/α,β-unsaturated/α-hetero) is 1. The zero-order valence-corrected chi connectivity index (χ0v) is 9.12. The molecule has 0 aromatic heterocycles. The Bertz CT molecular complexity index is 245. The third-order valence-electron chi connectivity index (χ3n) is 4.26. The average Bonchev–Trinajstić information content (AvgIpc) is 2.42. The zero-order valence-electron chi connectivity index (χ0n) is 9.12. The molecule has 2 heteroatoms. The molecule has 0 spiro atoms. The van der Waals surface area contributed by atoms with Crippen molar-refractivity contribution >= 4 is 5.78 Å². The minimum atomic E-state index is -0.596. The molecule has 2 rings (SSSR count). The first-order chi connectivity index (χ1) is 6.52. The molecule has 0 aliphatic heterocycles. The van der Waals surface area contributed by atoms with E-state index in [0.29, 0.717) is 18.1 Å². The first-order valence-corrected chi connectivity index (χ1v) is 5.77. The maximum absolute atomic E-state index is 11.9. The van der Waals surface area contributed by atoms with Gasteiger partial charge in [-0.25, -0.2) is 0 Å². The van der Waals surface area contributed by atoms with Crippen LogP contribution in [0.15, 0.2) is 0 Å². The van der Waals surface area contributed by atoms with Crippen LogP contribution in [0.3, 0.4) is 0 Å². The van der Waals surface area contributed by atoms with Gasteiger partial charge in [-0.2, -0.15) is 0 Å². The Hall–Kier alpha value is -0.370. The van der Waals surface area contributed by atoms with E-state index in [2.05, 4.69) is 6.92 Å². The van der Waals surface area contributed by atoms with Crippen LogP contribution >= 0.6 is 0 Å². The topological polar surface area (TPSA) is 37.3 Å². The number of carbonyl (C=O) groups excluding carboxylic acids is 1. The smallest absolute Gasteiger partial charge is 0.136 e. The number of aliphatic hydroxyl groups is 1. The Morgan fingerprint density at radius 1 is 1.43 bits per heavy atom. The van der Waals surface area contributed by atoms with Gasteiger partial charge in [-0.3, -0.25) is 4.79 Å². The van der Waals surface area contributed by atoms with E-state index < -0.39 is 5.60 Å². The predicted octanol–water partition coefficient (Wildman–Crippen LogP) is 2.15. The highest BCUT2D eigenvalue weighted by molar-refractivity contribution is 5.82. The van der Waals surface area contributed by atoms with E-state index in [9.17, 15) is 9.90 Å². The molecular formula is C12H20O2. The second-order valence-corrected chi connectivity index (χ2v) is 5.36. The van der Waals surface area contributed by atoms with Gasteiger partial charge in [0, 0.05) is 12.3 Å². The molecule has 0 saturated heterocycles. The normalized spacial score (nSPS) is 48.8. The molecule has 0 heterocycles. The predicted molar refractivity (Wildman–Crippen MR) is 54.9 cm³/mol. The van der Waals surface area contributed by atoms with E-state index in [4.69, 9.17) is 0 Å². The number of ketones is 1. The van der Waals surface area contributed by atoms with E-state index in [0.717, 1.165) is 25.7 Å². The number of carbonyl (C=O) groups is 1. The van der Waals surface area contributed by atoms with Gasteiger partial charge in [0.25, 0.3) is 0 Å². The van der Waals surface area contributed by atoms with Crippen molar-refractivity contribution in [2.24, 2.45) is 17.8 Å². The van der Waals surface area contributed by atoms with Crippen LogP contribution in [0.5, 0.6) is 0 Å². The maximum Gasteiger partial charge on any atom is 0.136 e. The molecule has 0 aromatic carbocycles. The lowest BCUT2D eigenvalue weighted by atomic mass is 9.78. The lowest BCUT2D eigenvalue weighted by Crippen LogP contribution is -2.38. The van der Waals surface area contributed by atoms with Crippen LogP contribution in [0.4, 0.5) is 0 Å². The van der Waals surface area contributed by atoms with Crippen LogP contribution in [0, 0.1) is 17.8 Å². The first kappa shape index (κ1) is 10.2. The summed E-state index contributed by atoms with van der Waals surface area (Å²) in [6, 6.07) is 0. The first-order valence-electron chi connectivity index (χ1n) is 5.77. The van der Waals surface area contributed by atoms with Gasteiger partial charge < -0.3 is 5.11 Å². The summed E-state index contributed by atoms with van der Waals surface area (Å²) in [5.74, 6) is 1.26. The van der Waals surface area contributed by atoms with E-state index in [1.54, 1.807) is 0 Å². The molecule has 1 N–H and O–H groups in total. The summed E-state index contributed by atoms with van der Waals surface area (Å²) in [7, 11) is 0. The minimum Gasteiger partial charge on any atom is -0.390 e. The Morgan fingerprint density at radius 3 is 2.86 bits per heavy atom. The number of hydrogen-bond donors (Lipinski definition) is 1. The number of hydrogen-bond acceptors (Lipinski definition) is 2. The van der Waals surface area contributed by atoms with Crippen LogP contribution in [-0.2, 0) is 4.79 Å². The van der Waals surface area contributed by atoms with E-state index in [1.165, 1.54) is 0 Å². The van der Waals surface area contributed by atoms with Crippen molar-refractivity contribution in [2.45, 2.75) is 51.6 Å². The fourth-order valence-corrected chi connectivity index (χ4v) is 3.41. The van der Waals surface area contributed by atoms with Gasteiger partial charge in [-0.05, 0) is 44.4 Å². The molecule has 80 valence electrons. The zero-order chi connectivity index (χ0) is 10.3. The van der Waals surface area contributed by atoms with E-state index >= 15 is 0 Å². The second kappa shape index (κ2) is 3.34. The summed E-state index contributed by atoms with van der Waals surface area (Å²) >= 11 is 0. The number of fused-ring (bicyclic) bond motifs is 1. The van der Waals surface area contributed by atoms with Crippen molar-refractivity contribution in [3.05, 3.63) is 0 Å². The molecule has 2 aliphatic rings. The maximum atomic E-state index is 11.9. The van der Waals surface area contributed by atoms with Crippen molar-refractivity contribution in [1.29, 1.82) is 0 Å². The minimum absolute atomic E-state index is 0.146. The van der Waals surface area contributed by atoms with Crippen LogP contribution < -0.4 is 0 Å².